The molecular formula is C12H5Br5O. The Labute approximate surface area is 147 Å². The summed E-state index contributed by atoms with van der Waals surface area (Å²) in [4.78, 5) is 0. The SMILES string of the molecule is Brc1ccccc1Oc1c(Br)cc(Br)c(Br)c1Br. The fraction of sp³-hybridized carbons (Fsp3) is 0. The van der Waals surface area contributed by atoms with Crippen molar-refractivity contribution in [3.63, 3.8) is 0 Å². The summed E-state index contributed by atoms with van der Waals surface area (Å²) in [7, 11) is 0. The number of rotatable bonds is 2. The van der Waals surface area contributed by atoms with E-state index in [9.17, 15) is 0 Å². The molecule has 0 radical (unpaired) electrons. The van der Waals surface area contributed by atoms with E-state index in [1.807, 2.05) is 30.3 Å². The standard InChI is InChI=1S/C12H5Br5O/c13-6-3-1-2-4-9(6)18-12-8(15)5-7(14)10(16)11(12)17/h1-5H. The molecule has 0 aliphatic carbocycles. The van der Waals surface area contributed by atoms with Crippen molar-refractivity contribution in [2.24, 2.45) is 0 Å². The smallest absolute Gasteiger partial charge is 0.157 e. The van der Waals surface area contributed by atoms with Crippen LogP contribution in [0.4, 0.5) is 0 Å². The largest absolute Gasteiger partial charge is 0.454 e. The van der Waals surface area contributed by atoms with Crippen molar-refractivity contribution in [3.05, 3.63) is 52.7 Å². The highest BCUT2D eigenvalue weighted by molar-refractivity contribution is 9.14. The second-order valence-electron chi connectivity index (χ2n) is 3.33. The van der Waals surface area contributed by atoms with Gasteiger partial charge in [0.25, 0.3) is 0 Å². The molecule has 0 bridgehead atoms. The van der Waals surface area contributed by atoms with Crippen molar-refractivity contribution >= 4 is 79.6 Å². The summed E-state index contributed by atoms with van der Waals surface area (Å²) in [6.45, 7) is 0. The summed E-state index contributed by atoms with van der Waals surface area (Å²) in [6.07, 6.45) is 0. The number of para-hydroxylation sites is 1. The van der Waals surface area contributed by atoms with E-state index in [2.05, 4.69) is 79.6 Å². The topological polar surface area (TPSA) is 9.23 Å². The quantitative estimate of drug-likeness (QED) is 0.275. The van der Waals surface area contributed by atoms with Gasteiger partial charge in [0.05, 0.1) is 13.4 Å². The van der Waals surface area contributed by atoms with Gasteiger partial charge in [-0.1, -0.05) is 12.1 Å². The molecule has 18 heavy (non-hydrogen) atoms. The van der Waals surface area contributed by atoms with Crippen LogP contribution in [0.1, 0.15) is 0 Å². The van der Waals surface area contributed by atoms with Gasteiger partial charge in [0.1, 0.15) is 5.75 Å². The monoisotopic (exact) mass is 560 g/mol. The third-order valence-corrected chi connectivity index (χ3v) is 6.63. The van der Waals surface area contributed by atoms with Gasteiger partial charge in [-0.2, -0.15) is 0 Å². The number of halogens is 5. The van der Waals surface area contributed by atoms with Gasteiger partial charge in [0.2, 0.25) is 0 Å². The summed E-state index contributed by atoms with van der Waals surface area (Å²) >= 11 is 17.4. The number of benzene rings is 2. The molecule has 6 heteroatoms. The van der Waals surface area contributed by atoms with Crippen LogP contribution < -0.4 is 4.74 Å². The van der Waals surface area contributed by atoms with Crippen LogP contribution in [0.3, 0.4) is 0 Å². The predicted octanol–water partition coefficient (Wildman–Crippen LogP) is 7.29. The zero-order valence-corrected chi connectivity index (χ0v) is 16.6. The lowest BCUT2D eigenvalue weighted by Gasteiger charge is -2.13. The van der Waals surface area contributed by atoms with Crippen molar-refractivity contribution in [1.29, 1.82) is 0 Å². The maximum absolute atomic E-state index is 5.92. The third kappa shape index (κ3) is 3.20. The highest BCUT2D eigenvalue weighted by atomic mass is 79.9. The first-order valence-electron chi connectivity index (χ1n) is 4.76. The fourth-order valence-corrected chi connectivity index (χ4v) is 4.22. The molecule has 0 atom stereocenters. The molecule has 0 fully saturated rings. The molecule has 0 N–H and O–H groups in total. The maximum Gasteiger partial charge on any atom is 0.157 e. The summed E-state index contributed by atoms with van der Waals surface area (Å²) in [5.74, 6) is 1.48. The van der Waals surface area contributed by atoms with Crippen LogP contribution >= 0.6 is 79.6 Å². The molecule has 1 nitrogen and oxygen atoms in total. The van der Waals surface area contributed by atoms with E-state index in [-0.39, 0.29) is 0 Å². The number of hydrogen-bond acceptors (Lipinski definition) is 1. The minimum absolute atomic E-state index is 0.719. The molecule has 0 saturated carbocycles. The van der Waals surface area contributed by atoms with E-state index in [0.717, 1.165) is 33.9 Å². The molecule has 0 unspecified atom stereocenters. The molecule has 0 aliphatic heterocycles. The van der Waals surface area contributed by atoms with Crippen molar-refractivity contribution in [2.75, 3.05) is 0 Å². The summed E-state index contributed by atoms with van der Waals surface area (Å²) < 4.78 is 10.4. The van der Waals surface area contributed by atoms with Gasteiger partial charge in [-0.3, -0.25) is 0 Å². The lowest BCUT2D eigenvalue weighted by molar-refractivity contribution is 0.473. The predicted molar refractivity (Wildman–Crippen MR) is 91.5 cm³/mol. The van der Waals surface area contributed by atoms with E-state index in [1.54, 1.807) is 0 Å². The molecule has 0 aliphatic rings. The molecular weight excluding hydrogens is 560 g/mol. The van der Waals surface area contributed by atoms with Gasteiger partial charge < -0.3 is 4.74 Å². The van der Waals surface area contributed by atoms with Crippen molar-refractivity contribution in [2.45, 2.75) is 0 Å². The summed E-state index contributed by atoms with van der Waals surface area (Å²) in [6, 6.07) is 9.64. The van der Waals surface area contributed by atoms with Crippen LogP contribution in [0.2, 0.25) is 0 Å². The van der Waals surface area contributed by atoms with E-state index < -0.39 is 0 Å². The minimum Gasteiger partial charge on any atom is -0.454 e. The Morgan fingerprint density at radius 1 is 0.722 bits per heavy atom. The van der Waals surface area contributed by atoms with Crippen LogP contribution in [0.15, 0.2) is 52.7 Å². The Bertz CT molecular complexity index is 597. The summed E-state index contributed by atoms with van der Waals surface area (Å²) in [5.41, 5.74) is 0. The molecule has 0 saturated heterocycles. The average Bonchev–Trinajstić information content (AvgIpc) is 2.34. The Hall–Kier alpha value is 0.640. The van der Waals surface area contributed by atoms with Gasteiger partial charge in [0, 0.05) is 8.95 Å². The lowest BCUT2D eigenvalue weighted by Crippen LogP contribution is -1.89. The number of ether oxygens (including phenoxy) is 1. The van der Waals surface area contributed by atoms with Crippen LogP contribution in [0, 0.1) is 0 Å². The Balaban J connectivity index is 2.47. The molecule has 0 amide bonds. The normalized spacial score (nSPS) is 10.5. The average molecular weight is 565 g/mol. The van der Waals surface area contributed by atoms with Crippen molar-refractivity contribution < 1.29 is 4.74 Å². The molecule has 0 spiro atoms. The van der Waals surface area contributed by atoms with Crippen LogP contribution in [0.5, 0.6) is 11.5 Å². The highest BCUT2D eigenvalue weighted by Crippen LogP contribution is 2.45. The van der Waals surface area contributed by atoms with E-state index in [0.29, 0.717) is 0 Å². The highest BCUT2D eigenvalue weighted by Gasteiger charge is 2.15. The van der Waals surface area contributed by atoms with Gasteiger partial charge in [0.15, 0.2) is 5.75 Å². The van der Waals surface area contributed by atoms with E-state index in [1.165, 1.54) is 0 Å². The van der Waals surface area contributed by atoms with Crippen LogP contribution in [0.25, 0.3) is 0 Å². The molecule has 2 aromatic rings. The van der Waals surface area contributed by atoms with Crippen molar-refractivity contribution in [3.8, 4) is 11.5 Å². The zero-order valence-electron chi connectivity index (χ0n) is 8.68. The third-order valence-electron chi connectivity index (χ3n) is 2.12. The van der Waals surface area contributed by atoms with E-state index >= 15 is 0 Å². The first-order valence-corrected chi connectivity index (χ1v) is 8.72. The lowest BCUT2D eigenvalue weighted by atomic mass is 10.3. The molecule has 2 rings (SSSR count). The Morgan fingerprint density at radius 3 is 2.06 bits per heavy atom. The molecule has 2 aromatic carbocycles. The van der Waals surface area contributed by atoms with Crippen LogP contribution in [-0.4, -0.2) is 0 Å². The number of hydrogen-bond donors (Lipinski definition) is 0. The van der Waals surface area contributed by atoms with Gasteiger partial charge in [-0.05, 0) is 97.8 Å². The van der Waals surface area contributed by atoms with Crippen LogP contribution in [-0.2, 0) is 0 Å². The molecule has 94 valence electrons. The van der Waals surface area contributed by atoms with Gasteiger partial charge >= 0.3 is 0 Å². The molecule has 0 aromatic heterocycles. The fourth-order valence-electron chi connectivity index (χ4n) is 1.28. The van der Waals surface area contributed by atoms with Gasteiger partial charge in [-0.25, -0.2) is 0 Å². The Morgan fingerprint density at radius 2 is 1.39 bits per heavy atom. The Kier molecular flexibility index (Phi) is 5.34. The van der Waals surface area contributed by atoms with Crippen molar-refractivity contribution in [1.82, 2.24) is 0 Å². The zero-order chi connectivity index (χ0) is 13.3. The second-order valence-corrected chi connectivity index (χ2v) is 7.48. The first-order chi connectivity index (χ1) is 8.50. The van der Waals surface area contributed by atoms with Gasteiger partial charge in [-0.15, -0.1) is 0 Å². The minimum atomic E-state index is 0.719. The first kappa shape index (κ1) is 15.0. The van der Waals surface area contributed by atoms with E-state index in [4.69, 9.17) is 4.74 Å². The molecule has 0 heterocycles. The maximum atomic E-state index is 5.92. The summed E-state index contributed by atoms with van der Waals surface area (Å²) in [5, 5.41) is 0. The second kappa shape index (κ2) is 6.39.